The second kappa shape index (κ2) is 4.52. The van der Waals surface area contributed by atoms with E-state index in [1.165, 1.54) is 0 Å². The van der Waals surface area contributed by atoms with Gasteiger partial charge in [0.1, 0.15) is 0 Å². The lowest BCUT2D eigenvalue weighted by Gasteiger charge is -2.27. The summed E-state index contributed by atoms with van der Waals surface area (Å²) < 4.78 is 0. The molecule has 0 spiro atoms. The smallest absolute Gasteiger partial charge is 0.0766 e. The zero-order valence-corrected chi connectivity index (χ0v) is 7.72. The summed E-state index contributed by atoms with van der Waals surface area (Å²) in [4.78, 5) is 0. The van der Waals surface area contributed by atoms with Crippen LogP contribution in [0.4, 0.5) is 0 Å². The lowest BCUT2D eigenvalue weighted by molar-refractivity contribution is 0.0151. The lowest BCUT2D eigenvalue weighted by Crippen LogP contribution is -2.42. The van der Waals surface area contributed by atoms with Crippen molar-refractivity contribution in [2.24, 2.45) is 5.92 Å². The summed E-state index contributed by atoms with van der Waals surface area (Å²) in [5.41, 5.74) is -0.608. The van der Waals surface area contributed by atoms with Crippen LogP contribution in [0.15, 0.2) is 12.7 Å². The summed E-state index contributed by atoms with van der Waals surface area (Å²) >= 11 is 0. The third kappa shape index (κ3) is 4.17. The summed E-state index contributed by atoms with van der Waals surface area (Å²) in [5, 5.41) is 12.8. The summed E-state index contributed by atoms with van der Waals surface area (Å²) in [6.45, 7) is 10.8. The molecule has 1 atom stereocenters. The molecule has 0 aliphatic heterocycles. The van der Waals surface area contributed by atoms with E-state index in [1.807, 2.05) is 20.8 Å². The van der Waals surface area contributed by atoms with Crippen LogP contribution in [0.3, 0.4) is 0 Å². The van der Waals surface area contributed by atoms with E-state index in [9.17, 15) is 5.11 Å². The Morgan fingerprint density at radius 2 is 2.18 bits per heavy atom. The van der Waals surface area contributed by atoms with Gasteiger partial charge in [-0.15, -0.1) is 6.58 Å². The number of aliphatic hydroxyl groups is 1. The molecule has 0 aromatic rings. The van der Waals surface area contributed by atoms with Crippen molar-refractivity contribution in [3.63, 3.8) is 0 Å². The summed E-state index contributed by atoms with van der Waals surface area (Å²) in [7, 11) is 0. The van der Waals surface area contributed by atoms with Crippen LogP contribution in [0.25, 0.3) is 0 Å². The molecule has 66 valence electrons. The first-order chi connectivity index (χ1) is 5.00. The quantitative estimate of drug-likeness (QED) is 0.464. The molecular formula is C9H19NO. The fraction of sp³-hybridized carbons (Fsp3) is 0.778. The Hall–Kier alpha value is -0.340. The Balaban J connectivity index is 3.63. The fourth-order valence-electron chi connectivity index (χ4n) is 0.631. The maximum atomic E-state index is 9.72. The monoisotopic (exact) mass is 157 g/mol. The Bertz CT molecular complexity index is 119. The molecule has 2 heteroatoms. The molecular weight excluding hydrogens is 138 g/mol. The van der Waals surface area contributed by atoms with Crippen LogP contribution in [0.5, 0.6) is 0 Å². The molecule has 0 aromatic heterocycles. The van der Waals surface area contributed by atoms with Gasteiger partial charge >= 0.3 is 0 Å². The van der Waals surface area contributed by atoms with Crippen LogP contribution >= 0.6 is 0 Å². The maximum absolute atomic E-state index is 9.72. The molecule has 0 heterocycles. The second-order valence-corrected chi connectivity index (χ2v) is 3.43. The maximum Gasteiger partial charge on any atom is 0.0766 e. The Morgan fingerprint density at radius 1 is 1.64 bits per heavy atom. The minimum Gasteiger partial charge on any atom is -0.389 e. The molecule has 0 saturated heterocycles. The number of hydrogen-bond donors (Lipinski definition) is 2. The van der Waals surface area contributed by atoms with Crippen molar-refractivity contribution in [3.8, 4) is 0 Å². The minimum absolute atomic E-state index is 0.278. The van der Waals surface area contributed by atoms with Crippen molar-refractivity contribution < 1.29 is 5.11 Å². The molecule has 0 aliphatic carbocycles. The zero-order valence-electron chi connectivity index (χ0n) is 7.72. The highest BCUT2D eigenvalue weighted by atomic mass is 16.3. The molecule has 0 radical (unpaired) electrons. The second-order valence-electron chi connectivity index (χ2n) is 3.43. The van der Waals surface area contributed by atoms with Crippen molar-refractivity contribution in [2.45, 2.75) is 26.4 Å². The third-order valence-electron chi connectivity index (χ3n) is 2.02. The Labute approximate surface area is 69.3 Å². The van der Waals surface area contributed by atoms with Gasteiger partial charge in [-0.3, -0.25) is 0 Å². The molecule has 1 unspecified atom stereocenters. The van der Waals surface area contributed by atoms with Crippen molar-refractivity contribution >= 4 is 0 Å². The molecule has 2 nitrogen and oxygen atoms in total. The Kier molecular flexibility index (Phi) is 4.38. The molecule has 0 bridgehead atoms. The Morgan fingerprint density at radius 3 is 2.55 bits per heavy atom. The van der Waals surface area contributed by atoms with E-state index in [4.69, 9.17) is 0 Å². The van der Waals surface area contributed by atoms with E-state index >= 15 is 0 Å². The third-order valence-corrected chi connectivity index (χ3v) is 2.02. The van der Waals surface area contributed by atoms with Gasteiger partial charge in [-0.25, -0.2) is 0 Å². The molecule has 0 amide bonds. The van der Waals surface area contributed by atoms with Crippen LogP contribution in [0, 0.1) is 5.92 Å². The summed E-state index contributed by atoms with van der Waals surface area (Å²) in [5.74, 6) is 0.278. The van der Waals surface area contributed by atoms with Gasteiger partial charge in [0.2, 0.25) is 0 Å². The van der Waals surface area contributed by atoms with E-state index in [2.05, 4.69) is 11.9 Å². The predicted octanol–water partition coefficient (Wildman–Crippen LogP) is 1.17. The molecule has 0 aliphatic rings. The lowest BCUT2D eigenvalue weighted by atomic mass is 9.93. The molecule has 2 N–H and O–H groups in total. The minimum atomic E-state index is -0.608. The topological polar surface area (TPSA) is 32.3 Å². The average molecular weight is 157 g/mol. The van der Waals surface area contributed by atoms with Gasteiger partial charge in [-0.2, -0.15) is 0 Å². The van der Waals surface area contributed by atoms with Gasteiger partial charge < -0.3 is 10.4 Å². The first kappa shape index (κ1) is 10.7. The van der Waals surface area contributed by atoms with Crippen LogP contribution in [0.1, 0.15) is 20.8 Å². The van der Waals surface area contributed by atoms with Crippen LogP contribution < -0.4 is 5.32 Å². The van der Waals surface area contributed by atoms with E-state index in [-0.39, 0.29) is 5.92 Å². The first-order valence-electron chi connectivity index (χ1n) is 4.04. The standard InChI is InChI=1S/C9H19NO/c1-5-6-10-7-9(4,11)8(2)3/h5,8,10-11H,1,6-7H2,2-4H3. The van der Waals surface area contributed by atoms with E-state index in [0.717, 1.165) is 6.54 Å². The van der Waals surface area contributed by atoms with Crippen molar-refractivity contribution in [3.05, 3.63) is 12.7 Å². The normalized spacial score (nSPS) is 16.5. The van der Waals surface area contributed by atoms with Crippen molar-refractivity contribution in [1.29, 1.82) is 0 Å². The molecule has 0 rings (SSSR count). The largest absolute Gasteiger partial charge is 0.389 e. The highest BCUT2D eigenvalue weighted by Gasteiger charge is 2.23. The van der Waals surface area contributed by atoms with Crippen LogP contribution in [0.2, 0.25) is 0 Å². The first-order valence-corrected chi connectivity index (χ1v) is 4.04. The van der Waals surface area contributed by atoms with Gasteiger partial charge in [0.25, 0.3) is 0 Å². The number of nitrogens with one attached hydrogen (secondary N) is 1. The van der Waals surface area contributed by atoms with E-state index < -0.39 is 5.60 Å². The fourth-order valence-corrected chi connectivity index (χ4v) is 0.631. The molecule has 11 heavy (non-hydrogen) atoms. The SMILES string of the molecule is C=CCNCC(C)(O)C(C)C. The molecule has 0 aromatic carbocycles. The van der Waals surface area contributed by atoms with Gasteiger partial charge in [0.05, 0.1) is 5.60 Å². The van der Waals surface area contributed by atoms with Gasteiger partial charge in [-0.05, 0) is 12.8 Å². The zero-order chi connectivity index (χ0) is 8.91. The van der Waals surface area contributed by atoms with Gasteiger partial charge in [-0.1, -0.05) is 19.9 Å². The van der Waals surface area contributed by atoms with Gasteiger partial charge in [0.15, 0.2) is 0 Å². The van der Waals surface area contributed by atoms with Gasteiger partial charge in [0, 0.05) is 13.1 Å². The average Bonchev–Trinajstić information content (AvgIpc) is 1.88. The van der Waals surface area contributed by atoms with E-state index in [1.54, 1.807) is 6.08 Å². The van der Waals surface area contributed by atoms with Crippen LogP contribution in [-0.4, -0.2) is 23.8 Å². The predicted molar refractivity (Wildman–Crippen MR) is 48.5 cm³/mol. The summed E-state index contributed by atoms with van der Waals surface area (Å²) in [6.07, 6.45) is 1.79. The highest BCUT2D eigenvalue weighted by Crippen LogP contribution is 2.13. The van der Waals surface area contributed by atoms with Crippen molar-refractivity contribution in [1.82, 2.24) is 5.32 Å². The van der Waals surface area contributed by atoms with Crippen LogP contribution in [-0.2, 0) is 0 Å². The number of hydrogen-bond acceptors (Lipinski definition) is 2. The molecule has 0 fully saturated rings. The van der Waals surface area contributed by atoms with E-state index in [0.29, 0.717) is 6.54 Å². The molecule has 0 saturated carbocycles. The summed E-state index contributed by atoms with van der Waals surface area (Å²) in [6, 6.07) is 0. The number of rotatable bonds is 5. The van der Waals surface area contributed by atoms with Crippen molar-refractivity contribution in [2.75, 3.05) is 13.1 Å². The highest BCUT2D eigenvalue weighted by molar-refractivity contribution is 4.81.